The quantitative estimate of drug-likeness (QED) is 0.662. The zero-order valence-electron chi connectivity index (χ0n) is 17.2. The van der Waals surface area contributed by atoms with E-state index in [0.29, 0.717) is 13.1 Å². The molecule has 152 valence electrons. The fourth-order valence-corrected chi connectivity index (χ4v) is 2.02. The van der Waals surface area contributed by atoms with Crippen LogP contribution in [0, 0.1) is 11.8 Å². The van der Waals surface area contributed by atoms with E-state index in [9.17, 15) is 14.4 Å². The first kappa shape index (κ1) is 24.0. The maximum Gasteiger partial charge on any atom is 0.428 e. The lowest BCUT2D eigenvalue weighted by Gasteiger charge is -2.28. The maximum absolute atomic E-state index is 12.3. The second-order valence-electron chi connectivity index (χ2n) is 7.90. The van der Waals surface area contributed by atoms with Crippen LogP contribution in [0.2, 0.25) is 0 Å². The van der Waals surface area contributed by atoms with Gasteiger partial charge in [-0.25, -0.2) is 19.6 Å². The van der Waals surface area contributed by atoms with Crippen molar-refractivity contribution in [2.75, 3.05) is 26.7 Å². The summed E-state index contributed by atoms with van der Waals surface area (Å²) in [5.41, 5.74) is 4.44. The molecule has 9 heteroatoms. The van der Waals surface area contributed by atoms with Crippen molar-refractivity contribution >= 4 is 18.1 Å². The van der Waals surface area contributed by atoms with Gasteiger partial charge in [0.15, 0.2) is 0 Å². The van der Waals surface area contributed by atoms with E-state index in [1.54, 1.807) is 20.8 Å². The molecule has 0 aliphatic rings. The lowest BCUT2D eigenvalue weighted by molar-refractivity contribution is -0.127. The van der Waals surface area contributed by atoms with E-state index in [1.807, 2.05) is 27.7 Å². The molecule has 0 atom stereocenters. The molecule has 0 aromatic rings. The van der Waals surface area contributed by atoms with Crippen LogP contribution in [0.3, 0.4) is 0 Å². The molecule has 0 rings (SSSR count). The second-order valence-corrected chi connectivity index (χ2v) is 7.90. The summed E-state index contributed by atoms with van der Waals surface area (Å²) < 4.78 is 9.88. The Kier molecular flexibility index (Phi) is 10.0. The van der Waals surface area contributed by atoms with Crippen LogP contribution in [0.15, 0.2) is 0 Å². The van der Waals surface area contributed by atoms with Gasteiger partial charge < -0.3 is 9.47 Å². The molecule has 9 nitrogen and oxygen atoms in total. The molecule has 0 aromatic carbocycles. The first-order valence-electron chi connectivity index (χ1n) is 8.73. The average Bonchev–Trinajstić information content (AvgIpc) is 2.41. The van der Waals surface area contributed by atoms with Gasteiger partial charge >= 0.3 is 12.2 Å². The predicted octanol–water partition coefficient (Wildman–Crippen LogP) is 2.14. The standard InChI is InChI=1S/C17H34N4O5/c1-12(2)9-20(19-15(23)26-17(5,6)7)11-14(22)18-21(10-13(3)4)16(24)25-8/h12-13H,9-11H2,1-8H3,(H,18,22)(H,19,23). The van der Waals surface area contributed by atoms with E-state index >= 15 is 0 Å². The van der Waals surface area contributed by atoms with Crippen molar-refractivity contribution in [2.24, 2.45) is 11.8 Å². The van der Waals surface area contributed by atoms with Gasteiger partial charge in [0, 0.05) is 13.1 Å². The van der Waals surface area contributed by atoms with Crippen molar-refractivity contribution in [1.82, 2.24) is 20.9 Å². The summed E-state index contributed by atoms with van der Waals surface area (Å²) in [5.74, 6) is -0.112. The monoisotopic (exact) mass is 374 g/mol. The molecule has 0 bridgehead atoms. The number of hydrogen-bond donors (Lipinski definition) is 2. The minimum atomic E-state index is -0.650. The van der Waals surface area contributed by atoms with Gasteiger partial charge in [0.25, 0.3) is 5.91 Å². The third-order valence-corrected chi connectivity index (χ3v) is 2.77. The number of nitrogens with zero attached hydrogens (tertiary/aromatic N) is 2. The van der Waals surface area contributed by atoms with Gasteiger partial charge in [0.05, 0.1) is 13.7 Å². The molecule has 0 aliphatic heterocycles. The van der Waals surface area contributed by atoms with Crippen LogP contribution >= 0.6 is 0 Å². The molecule has 0 unspecified atom stereocenters. The van der Waals surface area contributed by atoms with E-state index in [2.05, 4.69) is 15.6 Å². The number of rotatable bonds is 7. The molecule has 0 fully saturated rings. The van der Waals surface area contributed by atoms with E-state index in [4.69, 9.17) is 4.74 Å². The highest BCUT2D eigenvalue weighted by Gasteiger charge is 2.23. The molecule has 0 aliphatic carbocycles. The molecule has 2 N–H and O–H groups in total. The van der Waals surface area contributed by atoms with Gasteiger partial charge in [-0.3, -0.25) is 15.6 Å². The summed E-state index contributed by atoms with van der Waals surface area (Å²) in [6.07, 6.45) is -1.29. The summed E-state index contributed by atoms with van der Waals surface area (Å²) in [5, 5.41) is 2.58. The Hall–Kier alpha value is -2.03. The highest BCUT2D eigenvalue weighted by atomic mass is 16.6. The van der Waals surface area contributed by atoms with Crippen molar-refractivity contribution in [1.29, 1.82) is 0 Å². The summed E-state index contributed by atoms with van der Waals surface area (Å²) >= 11 is 0. The lowest BCUT2D eigenvalue weighted by Crippen LogP contribution is -2.54. The van der Waals surface area contributed by atoms with Gasteiger partial charge in [-0.05, 0) is 32.6 Å². The van der Waals surface area contributed by atoms with Gasteiger partial charge in [0.2, 0.25) is 0 Å². The van der Waals surface area contributed by atoms with Crippen molar-refractivity contribution < 1.29 is 23.9 Å². The number of ether oxygens (including phenoxy) is 2. The second kappa shape index (κ2) is 10.8. The number of carbonyl (C=O) groups is 3. The van der Waals surface area contributed by atoms with Crippen LogP contribution in [0.4, 0.5) is 9.59 Å². The molecule has 0 saturated carbocycles. The Labute approximate surface area is 156 Å². The zero-order valence-corrected chi connectivity index (χ0v) is 17.2. The van der Waals surface area contributed by atoms with Gasteiger partial charge in [-0.15, -0.1) is 0 Å². The smallest absolute Gasteiger partial charge is 0.428 e. The largest absolute Gasteiger partial charge is 0.452 e. The van der Waals surface area contributed by atoms with Crippen LogP contribution in [-0.2, 0) is 14.3 Å². The highest BCUT2D eigenvalue weighted by Crippen LogP contribution is 2.07. The van der Waals surface area contributed by atoms with Crippen LogP contribution in [0.1, 0.15) is 48.5 Å². The van der Waals surface area contributed by atoms with E-state index in [1.165, 1.54) is 12.1 Å². The zero-order chi connectivity index (χ0) is 20.5. The van der Waals surface area contributed by atoms with Gasteiger partial charge in [-0.1, -0.05) is 27.7 Å². The molecular formula is C17H34N4O5. The normalized spacial score (nSPS) is 11.5. The summed E-state index contributed by atoms with van der Waals surface area (Å²) in [7, 11) is 1.25. The topological polar surface area (TPSA) is 100 Å². The summed E-state index contributed by atoms with van der Waals surface area (Å²) in [6.45, 7) is 13.6. The van der Waals surface area contributed by atoms with E-state index < -0.39 is 23.7 Å². The summed E-state index contributed by atoms with van der Waals surface area (Å²) in [4.78, 5) is 36.0. The molecule has 0 aromatic heterocycles. The molecular weight excluding hydrogens is 340 g/mol. The Morgan fingerprint density at radius 2 is 1.50 bits per heavy atom. The fourth-order valence-electron chi connectivity index (χ4n) is 2.02. The molecule has 3 amide bonds. The molecule has 0 radical (unpaired) electrons. The predicted molar refractivity (Wildman–Crippen MR) is 97.9 cm³/mol. The lowest BCUT2D eigenvalue weighted by atomic mass is 10.2. The maximum atomic E-state index is 12.3. The van der Waals surface area contributed by atoms with Crippen molar-refractivity contribution in [3.05, 3.63) is 0 Å². The van der Waals surface area contributed by atoms with Crippen LogP contribution in [-0.4, -0.2) is 60.5 Å². The Balaban J connectivity index is 4.89. The van der Waals surface area contributed by atoms with Crippen LogP contribution < -0.4 is 10.9 Å². The average molecular weight is 374 g/mol. The minimum absolute atomic E-state index is 0.136. The van der Waals surface area contributed by atoms with Gasteiger partial charge in [-0.2, -0.15) is 0 Å². The Morgan fingerprint density at radius 3 is 1.92 bits per heavy atom. The molecule has 26 heavy (non-hydrogen) atoms. The van der Waals surface area contributed by atoms with Crippen molar-refractivity contribution in [3.8, 4) is 0 Å². The highest BCUT2D eigenvalue weighted by molar-refractivity contribution is 5.81. The molecule has 0 saturated heterocycles. The Morgan fingerprint density at radius 1 is 0.962 bits per heavy atom. The Bertz CT molecular complexity index is 474. The van der Waals surface area contributed by atoms with Crippen LogP contribution in [0.5, 0.6) is 0 Å². The summed E-state index contributed by atoms with van der Waals surface area (Å²) in [6, 6.07) is 0. The van der Waals surface area contributed by atoms with Crippen molar-refractivity contribution in [3.63, 3.8) is 0 Å². The number of carbonyl (C=O) groups excluding carboxylic acids is 3. The number of amides is 3. The third kappa shape index (κ3) is 11.5. The van der Waals surface area contributed by atoms with Gasteiger partial charge in [0.1, 0.15) is 5.60 Å². The third-order valence-electron chi connectivity index (χ3n) is 2.77. The minimum Gasteiger partial charge on any atom is -0.452 e. The SMILES string of the molecule is COC(=O)N(CC(C)C)NC(=O)CN(CC(C)C)NC(=O)OC(C)(C)C. The van der Waals surface area contributed by atoms with Crippen molar-refractivity contribution in [2.45, 2.75) is 54.1 Å². The number of methoxy groups -OCH3 is 1. The first-order valence-corrected chi connectivity index (χ1v) is 8.73. The molecule has 0 heterocycles. The van der Waals surface area contributed by atoms with E-state index in [-0.39, 0.29) is 18.4 Å². The van der Waals surface area contributed by atoms with E-state index in [0.717, 1.165) is 5.01 Å². The number of hydrazine groups is 2. The fraction of sp³-hybridized carbons (Fsp3) is 0.824. The molecule has 0 spiro atoms. The number of hydrogen-bond acceptors (Lipinski definition) is 6. The number of nitrogens with one attached hydrogen (secondary N) is 2. The first-order chi connectivity index (χ1) is 11.8. The van der Waals surface area contributed by atoms with Crippen LogP contribution in [0.25, 0.3) is 0 Å².